The molecule has 1 unspecified atom stereocenters. The van der Waals surface area contributed by atoms with Crippen LogP contribution in [0.4, 0.5) is 17.5 Å². The first-order chi connectivity index (χ1) is 13.3. The lowest BCUT2D eigenvalue weighted by atomic mass is 10.1. The topological polar surface area (TPSA) is 74.7 Å². The van der Waals surface area contributed by atoms with Crippen molar-refractivity contribution < 1.29 is 4.74 Å². The van der Waals surface area contributed by atoms with Crippen molar-refractivity contribution in [1.82, 2.24) is 15.3 Å². The van der Waals surface area contributed by atoms with E-state index in [0.717, 1.165) is 56.2 Å². The minimum Gasteiger partial charge on any atom is -0.491 e. The first kappa shape index (κ1) is 17.7. The lowest BCUT2D eigenvalue weighted by Gasteiger charge is -2.21. The Morgan fingerprint density at radius 2 is 2.26 bits per heavy atom. The highest BCUT2D eigenvalue weighted by atomic mass is 16.5. The molecule has 2 aliphatic heterocycles. The number of hydrogen-bond donors (Lipinski definition) is 2. The number of aromatic nitrogens is 2. The fourth-order valence-electron chi connectivity index (χ4n) is 3.55. The summed E-state index contributed by atoms with van der Waals surface area (Å²) >= 11 is 0. The largest absolute Gasteiger partial charge is 0.491 e. The van der Waals surface area contributed by atoms with Crippen LogP contribution in [0.3, 0.4) is 0 Å². The van der Waals surface area contributed by atoms with E-state index in [9.17, 15) is 0 Å². The van der Waals surface area contributed by atoms with E-state index < -0.39 is 0 Å². The van der Waals surface area contributed by atoms with Crippen LogP contribution in [-0.4, -0.2) is 49.0 Å². The van der Waals surface area contributed by atoms with Gasteiger partial charge in [0.1, 0.15) is 0 Å². The van der Waals surface area contributed by atoms with Gasteiger partial charge in [0.15, 0.2) is 11.6 Å². The number of hydrogen-bond acceptors (Lipinski definition) is 7. The molecule has 2 aliphatic rings. The highest BCUT2D eigenvalue weighted by molar-refractivity contribution is 5.86. The van der Waals surface area contributed by atoms with Crippen molar-refractivity contribution in [3.05, 3.63) is 35.5 Å². The second-order valence-corrected chi connectivity index (χ2v) is 6.93. The summed E-state index contributed by atoms with van der Waals surface area (Å²) in [7, 11) is 1.64. The number of nitrogens with zero attached hydrogens (tertiary/aromatic N) is 4. The highest BCUT2D eigenvalue weighted by Crippen LogP contribution is 2.28. The lowest BCUT2D eigenvalue weighted by Crippen LogP contribution is -2.30. The third kappa shape index (κ3) is 3.88. The van der Waals surface area contributed by atoms with Crippen LogP contribution in [0.25, 0.3) is 0 Å². The van der Waals surface area contributed by atoms with Gasteiger partial charge < -0.3 is 20.3 Å². The number of benzene rings is 1. The standard InChI is InChI=1S/C20H26N6O/c1-3-16-6-8-26(9-7-22-16)20-23-13-18(27-2)19(25-20)24-17-5-4-14-11-21-12-15(14)10-17/h4-5,10,12-13,16,22H,3,6-9,11H2,1-2H3,(H,23,24,25). The number of ether oxygens (including phenoxy) is 1. The maximum atomic E-state index is 5.47. The van der Waals surface area contributed by atoms with Crippen LogP contribution in [-0.2, 0) is 6.54 Å². The summed E-state index contributed by atoms with van der Waals surface area (Å²) in [5, 5.41) is 6.97. The van der Waals surface area contributed by atoms with Crippen LogP contribution in [0.2, 0.25) is 0 Å². The first-order valence-electron chi connectivity index (χ1n) is 9.56. The Balaban J connectivity index is 1.56. The lowest BCUT2D eigenvalue weighted by molar-refractivity contribution is 0.413. The van der Waals surface area contributed by atoms with Crippen molar-refractivity contribution in [3.8, 4) is 5.75 Å². The maximum Gasteiger partial charge on any atom is 0.227 e. The second-order valence-electron chi connectivity index (χ2n) is 6.93. The molecule has 1 aromatic carbocycles. The molecule has 0 spiro atoms. The molecule has 0 saturated carbocycles. The average molecular weight is 366 g/mol. The number of methoxy groups -OCH3 is 1. The van der Waals surface area contributed by atoms with Gasteiger partial charge in [0.05, 0.1) is 19.9 Å². The van der Waals surface area contributed by atoms with E-state index in [2.05, 4.69) is 50.6 Å². The van der Waals surface area contributed by atoms with E-state index >= 15 is 0 Å². The van der Waals surface area contributed by atoms with E-state index in [1.54, 1.807) is 13.3 Å². The number of anilines is 3. The highest BCUT2D eigenvalue weighted by Gasteiger charge is 2.19. The van der Waals surface area contributed by atoms with Gasteiger partial charge >= 0.3 is 0 Å². The van der Waals surface area contributed by atoms with Gasteiger partial charge in [0.2, 0.25) is 5.95 Å². The van der Waals surface area contributed by atoms with Crippen molar-refractivity contribution in [2.24, 2.45) is 4.99 Å². The zero-order valence-corrected chi connectivity index (χ0v) is 15.9. The van der Waals surface area contributed by atoms with Crippen molar-refractivity contribution in [1.29, 1.82) is 0 Å². The molecule has 0 radical (unpaired) electrons. The second kappa shape index (κ2) is 7.92. The third-order valence-electron chi connectivity index (χ3n) is 5.20. The molecule has 1 saturated heterocycles. The molecule has 142 valence electrons. The molecule has 7 nitrogen and oxygen atoms in total. The van der Waals surface area contributed by atoms with Gasteiger partial charge in [-0.25, -0.2) is 4.98 Å². The summed E-state index contributed by atoms with van der Waals surface area (Å²) in [4.78, 5) is 15.8. The average Bonchev–Trinajstić information content (AvgIpc) is 3.03. The Morgan fingerprint density at radius 1 is 1.33 bits per heavy atom. The van der Waals surface area contributed by atoms with Crippen molar-refractivity contribution in [3.63, 3.8) is 0 Å². The third-order valence-corrected chi connectivity index (χ3v) is 5.20. The maximum absolute atomic E-state index is 5.47. The Labute approximate surface area is 159 Å². The Morgan fingerprint density at radius 3 is 3.11 bits per heavy atom. The molecule has 0 amide bonds. The summed E-state index contributed by atoms with van der Waals surface area (Å²) in [6.45, 7) is 5.78. The predicted molar refractivity (Wildman–Crippen MR) is 109 cm³/mol. The first-order valence-corrected chi connectivity index (χ1v) is 9.56. The van der Waals surface area contributed by atoms with Gasteiger partial charge in [-0.05, 0) is 36.1 Å². The van der Waals surface area contributed by atoms with E-state index in [1.165, 1.54) is 5.56 Å². The van der Waals surface area contributed by atoms with Gasteiger partial charge in [0, 0.05) is 37.6 Å². The molecule has 1 atom stereocenters. The number of rotatable bonds is 5. The zero-order valence-electron chi connectivity index (χ0n) is 15.9. The normalized spacial score (nSPS) is 18.9. The summed E-state index contributed by atoms with van der Waals surface area (Å²) in [5.74, 6) is 2.05. The number of fused-ring (bicyclic) bond motifs is 1. The number of aliphatic imine (C=N–C) groups is 1. The predicted octanol–water partition coefficient (Wildman–Crippen LogP) is 2.74. The Kier molecular flexibility index (Phi) is 5.20. The molecule has 0 bridgehead atoms. The number of nitrogens with one attached hydrogen (secondary N) is 2. The molecular weight excluding hydrogens is 340 g/mol. The quantitative estimate of drug-likeness (QED) is 0.848. The van der Waals surface area contributed by atoms with E-state index in [4.69, 9.17) is 9.72 Å². The SMILES string of the molecule is CCC1CCN(c2ncc(OC)c(Nc3ccc4c(c3)C=NC4)n2)CCN1. The van der Waals surface area contributed by atoms with Gasteiger partial charge in [-0.1, -0.05) is 13.0 Å². The smallest absolute Gasteiger partial charge is 0.227 e. The molecule has 1 fully saturated rings. The van der Waals surface area contributed by atoms with Crippen LogP contribution in [0.1, 0.15) is 30.9 Å². The van der Waals surface area contributed by atoms with Crippen LogP contribution < -0.4 is 20.3 Å². The van der Waals surface area contributed by atoms with Crippen LogP contribution >= 0.6 is 0 Å². The van der Waals surface area contributed by atoms with Gasteiger partial charge in [0.25, 0.3) is 0 Å². The molecule has 2 aromatic rings. The van der Waals surface area contributed by atoms with Gasteiger partial charge in [-0.15, -0.1) is 0 Å². The summed E-state index contributed by atoms with van der Waals surface area (Å²) in [6, 6.07) is 6.81. The van der Waals surface area contributed by atoms with Crippen molar-refractivity contribution >= 4 is 23.7 Å². The monoisotopic (exact) mass is 366 g/mol. The minimum absolute atomic E-state index is 0.568. The molecule has 3 heterocycles. The van der Waals surface area contributed by atoms with Gasteiger partial charge in [-0.3, -0.25) is 4.99 Å². The van der Waals surface area contributed by atoms with Crippen LogP contribution in [0, 0.1) is 0 Å². The van der Waals surface area contributed by atoms with Gasteiger partial charge in [-0.2, -0.15) is 4.98 Å². The van der Waals surface area contributed by atoms with Crippen LogP contribution in [0.5, 0.6) is 5.75 Å². The summed E-state index contributed by atoms with van der Waals surface area (Å²) < 4.78 is 5.47. The molecule has 1 aromatic heterocycles. The fourth-order valence-corrected chi connectivity index (χ4v) is 3.55. The molecule has 7 heteroatoms. The Hall–Kier alpha value is -2.67. The fraction of sp³-hybridized carbons (Fsp3) is 0.450. The molecule has 27 heavy (non-hydrogen) atoms. The molecule has 2 N–H and O–H groups in total. The van der Waals surface area contributed by atoms with Crippen molar-refractivity contribution in [2.75, 3.05) is 37.0 Å². The van der Waals surface area contributed by atoms with Crippen molar-refractivity contribution in [2.45, 2.75) is 32.4 Å². The Bertz CT molecular complexity index is 837. The van der Waals surface area contributed by atoms with E-state index in [1.807, 2.05) is 6.21 Å². The zero-order chi connectivity index (χ0) is 18.6. The van der Waals surface area contributed by atoms with E-state index in [0.29, 0.717) is 17.6 Å². The summed E-state index contributed by atoms with van der Waals surface area (Å²) in [5.41, 5.74) is 3.37. The van der Waals surface area contributed by atoms with E-state index in [-0.39, 0.29) is 0 Å². The summed E-state index contributed by atoms with van der Waals surface area (Å²) in [6.07, 6.45) is 5.90. The molecule has 0 aliphatic carbocycles. The van der Waals surface area contributed by atoms with Crippen LogP contribution in [0.15, 0.2) is 29.4 Å². The minimum atomic E-state index is 0.568. The molecule has 4 rings (SSSR count). The molecular formula is C20H26N6O.